The Balaban J connectivity index is 1.83. The van der Waals surface area contributed by atoms with Crippen molar-refractivity contribution in [1.29, 1.82) is 0 Å². The van der Waals surface area contributed by atoms with Crippen molar-refractivity contribution < 1.29 is 14.3 Å². The Kier molecular flexibility index (Phi) is 5.78. The summed E-state index contributed by atoms with van der Waals surface area (Å²) in [6, 6.07) is 7.27. The van der Waals surface area contributed by atoms with E-state index in [0.717, 1.165) is 11.6 Å². The molecule has 0 atom stereocenters. The molecular formula is C17H18ClNO3. The Morgan fingerprint density at radius 3 is 2.45 bits per heavy atom. The van der Waals surface area contributed by atoms with Crippen LogP contribution in [0.1, 0.15) is 18.4 Å². The van der Waals surface area contributed by atoms with Crippen molar-refractivity contribution in [2.75, 3.05) is 13.1 Å². The molecule has 116 valence electrons. The first-order chi connectivity index (χ1) is 10.6. The zero-order valence-corrected chi connectivity index (χ0v) is 13.0. The number of likely N-dealkylation sites (tertiary alicyclic amines) is 1. The lowest BCUT2D eigenvalue weighted by Crippen LogP contribution is -2.40. The molecule has 4 nitrogen and oxygen atoms in total. The van der Waals surface area contributed by atoms with Crippen LogP contribution in [-0.4, -0.2) is 36.0 Å². The van der Waals surface area contributed by atoms with Gasteiger partial charge in [0, 0.05) is 43.1 Å². The van der Waals surface area contributed by atoms with Gasteiger partial charge in [0.15, 0.2) is 0 Å². The van der Waals surface area contributed by atoms with E-state index in [1.165, 1.54) is 0 Å². The van der Waals surface area contributed by atoms with E-state index in [9.17, 15) is 9.59 Å². The molecule has 0 spiro atoms. The van der Waals surface area contributed by atoms with Gasteiger partial charge < -0.3 is 9.64 Å². The summed E-state index contributed by atoms with van der Waals surface area (Å²) in [5, 5.41) is 0.666. The second-order valence-corrected chi connectivity index (χ2v) is 5.49. The Bertz CT molecular complexity index is 572. The first-order valence-electron chi connectivity index (χ1n) is 7.14. The minimum absolute atomic E-state index is 0.0385. The number of hydrogen-bond donors (Lipinski definition) is 0. The number of carbonyl (C=O) groups is 2. The maximum Gasteiger partial charge on any atom is 0.330 e. The quantitative estimate of drug-likeness (QED) is 0.633. The minimum Gasteiger partial charge on any atom is -0.459 e. The summed E-state index contributed by atoms with van der Waals surface area (Å²) in [5.74, 6) is -0.448. The Hall–Kier alpha value is -2.07. The molecule has 0 aliphatic carbocycles. The summed E-state index contributed by atoms with van der Waals surface area (Å²) < 4.78 is 5.18. The number of piperidine rings is 1. The normalized spacial score (nSPS) is 15.8. The molecule has 0 saturated carbocycles. The molecule has 2 rings (SSSR count). The molecule has 0 aromatic heterocycles. The first-order valence-corrected chi connectivity index (χ1v) is 7.52. The van der Waals surface area contributed by atoms with Gasteiger partial charge in [0.1, 0.15) is 6.10 Å². The van der Waals surface area contributed by atoms with E-state index in [1.54, 1.807) is 29.2 Å². The third-order valence-electron chi connectivity index (χ3n) is 3.49. The van der Waals surface area contributed by atoms with Gasteiger partial charge in [-0.15, -0.1) is 0 Å². The third-order valence-corrected chi connectivity index (χ3v) is 3.74. The summed E-state index contributed by atoms with van der Waals surface area (Å²) >= 11 is 5.81. The molecule has 0 radical (unpaired) electrons. The van der Waals surface area contributed by atoms with Crippen LogP contribution in [-0.2, 0) is 14.3 Å². The summed E-state index contributed by atoms with van der Waals surface area (Å²) in [6.45, 7) is 4.54. The van der Waals surface area contributed by atoms with Gasteiger partial charge >= 0.3 is 5.97 Å². The number of carbonyl (C=O) groups excluding carboxylic acids is 2. The van der Waals surface area contributed by atoms with Crippen LogP contribution < -0.4 is 0 Å². The van der Waals surface area contributed by atoms with Crippen molar-refractivity contribution in [2.45, 2.75) is 18.9 Å². The molecule has 0 N–H and O–H groups in total. The van der Waals surface area contributed by atoms with Crippen LogP contribution in [0.5, 0.6) is 0 Å². The third kappa shape index (κ3) is 4.74. The van der Waals surface area contributed by atoms with Gasteiger partial charge in [-0.3, -0.25) is 4.79 Å². The SMILES string of the molecule is C=CC(=O)OC1CCN(C(=O)/C=C/c2ccc(Cl)cc2)CC1. The average Bonchev–Trinajstić information content (AvgIpc) is 2.54. The predicted octanol–water partition coefficient (Wildman–Crippen LogP) is 3.07. The molecule has 0 bridgehead atoms. The highest BCUT2D eigenvalue weighted by molar-refractivity contribution is 6.30. The maximum absolute atomic E-state index is 12.1. The number of ether oxygens (including phenoxy) is 1. The fourth-order valence-electron chi connectivity index (χ4n) is 2.25. The molecule has 0 unspecified atom stereocenters. The maximum atomic E-state index is 12.1. The lowest BCUT2D eigenvalue weighted by atomic mass is 10.1. The van der Waals surface area contributed by atoms with Crippen molar-refractivity contribution in [3.63, 3.8) is 0 Å². The highest BCUT2D eigenvalue weighted by atomic mass is 35.5. The minimum atomic E-state index is -0.410. The molecule has 1 heterocycles. The molecule has 1 fully saturated rings. The Morgan fingerprint density at radius 1 is 1.23 bits per heavy atom. The molecule has 1 saturated heterocycles. The zero-order valence-electron chi connectivity index (χ0n) is 12.2. The lowest BCUT2D eigenvalue weighted by molar-refractivity contribution is -0.145. The standard InChI is InChI=1S/C17H18ClNO3/c1-2-17(21)22-15-9-11-19(12-10-15)16(20)8-5-13-3-6-14(18)7-4-13/h2-8,15H,1,9-12H2/b8-5+. The van der Waals surface area contributed by atoms with Gasteiger partial charge in [-0.05, 0) is 23.8 Å². The Labute approximate surface area is 135 Å². The summed E-state index contributed by atoms with van der Waals surface area (Å²) in [4.78, 5) is 25.0. The second-order valence-electron chi connectivity index (χ2n) is 5.05. The molecule has 5 heteroatoms. The van der Waals surface area contributed by atoms with Gasteiger partial charge in [-0.1, -0.05) is 30.3 Å². The second kappa shape index (κ2) is 7.80. The number of esters is 1. The lowest BCUT2D eigenvalue weighted by Gasteiger charge is -2.30. The van der Waals surface area contributed by atoms with Crippen molar-refractivity contribution in [3.8, 4) is 0 Å². The number of hydrogen-bond acceptors (Lipinski definition) is 3. The van der Waals surface area contributed by atoms with E-state index in [2.05, 4.69) is 6.58 Å². The van der Waals surface area contributed by atoms with Gasteiger partial charge in [-0.2, -0.15) is 0 Å². The average molecular weight is 320 g/mol. The van der Waals surface area contributed by atoms with Crippen molar-refractivity contribution in [3.05, 3.63) is 53.6 Å². The Morgan fingerprint density at radius 2 is 1.86 bits per heavy atom. The van der Waals surface area contributed by atoms with Crippen LogP contribution in [0, 0.1) is 0 Å². The van der Waals surface area contributed by atoms with Crippen molar-refractivity contribution in [1.82, 2.24) is 4.90 Å². The first kappa shape index (κ1) is 16.3. The van der Waals surface area contributed by atoms with Crippen molar-refractivity contribution >= 4 is 29.6 Å². The van der Waals surface area contributed by atoms with Gasteiger partial charge in [0.25, 0.3) is 0 Å². The van der Waals surface area contributed by atoms with E-state index >= 15 is 0 Å². The predicted molar refractivity (Wildman–Crippen MR) is 86.4 cm³/mol. The molecule has 1 aromatic rings. The van der Waals surface area contributed by atoms with Crippen LogP contribution in [0.3, 0.4) is 0 Å². The molecule has 1 aliphatic rings. The number of halogens is 1. The van der Waals surface area contributed by atoms with Crippen LogP contribution >= 0.6 is 11.6 Å². The van der Waals surface area contributed by atoms with Gasteiger partial charge in [0.2, 0.25) is 5.91 Å². The van der Waals surface area contributed by atoms with Gasteiger partial charge in [-0.25, -0.2) is 4.79 Å². The summed E-state index contributed by atoms with van der Waals surface area (Å²) in [7, 11) is 0. The van der Waals surface area contributed by atoms with E-state index in [4.69, 9.17) is 16.3 Å². The van der Waals surface area contributed by atoms with Crippen LogP contribution in [0.25, 0.3) is 6.08 Å². The molecule has 1 amide bonds. The monoisotopic (exact) mass is 319 g/mol. The fourth-order valence-corrected chi connectivity index (χ4v) is 2.38. The topological polar surface area (TPSA) is 46.6 Å². The number of rotatable bonds is 4. The van der Waals surface area contributed by atoms with Gasteiger partial charge in [0.05, 0.1) is 0 Å². The molecule has 1 aromatic carbocycles. The zero-order chi connectivity index (χ0) is 15.9. The fraction of sp³-hybridized carbons (Fsp3) is 0.294. The van der Waals surface area contributed by atoms with E-state index in [-0.39, 0.29) is 12.0 Å². The highest BCUT2D eigenvalue weighted by Gasteiger charge is 2.23. The van der Waals surface area contributed by atoms with Crippen LogP contribution in [0.2, 0.25) is 5.02 Å². The van der Waals surface area contributed by atoms with E-state index < -0.39 is 5.97 Å². The summed E-state index contributed by atoms with van der Waals surface area (Å²) in [5.41, 5.74) is 0.924. The number of amides is 1. The number of benzene rings is 1. The van der Waals surface area contributed by atoms with Crippen molar-refractivity contribution in [2.24, 2.45) is 0 Å². The highest BCUT2D eigenvalue weighted by Crippen LogP contribution is 2.15. The van der Waals surface area contributed by atoms with Crippen LogP contribution in [0.15, 0.2) is 43.0 Å². The smallest absolute Gasteiger partial charge is 0.330 e. The van der Waals surface area contributed by atoms with E-state index in [1.807, 2.05) is 12.1 Å². The number of nitrogens with zero attached hydrogens (tertiary/aromatic N) is 1. The van der Waals surface area contributed by atoms with Crippen LogP contribution in [0.4, 0.5) is 0 Å². The molecular weight excluding hydrogens is 302 g/mol. The van der Waals surface area contributed by atoms with E-state index in [0.29, 0.717) is 31.0 Å². The molecule has 22 heavy (non-hydrogen) atoms. The summed E-state index contributed by atoms with van der Waals surface area (Å²) in [6.07, 6.45) is 5.66. The molecule has 1 aliphatic heterocycles. The largest absolute Gasteiger partial charge is 0.459 e.